The van der Waals surface area contributed by atoms with E-state index in [2.05, 4.69) is 47.4 Å². The maximum absolute atomic E-state index is 8.57. The first-order valence-electron chi connectivity index (χ1n) is 9.37. The highest BCUT2D eigenvalue weighted by Crippen LogP contribution is 2.11. The average molecular weight is 325 g/mol. The molecule has 0 radical (unpaired) electrons. The molecular weight excluding hydrogens is 294 g/mol. The van der Waals surface area contributed by atoms with Gasteiger partial charge in [-0.15, -0.1) is 0 Å². The van der Waals surface area contributed by atoms with Crippen LogP contribution in [0.3, 0.4) is 0 Å². The zero-order valence-corrected chi connectivity index (χ0v) is 14.9. The van der Waals surface area contributed by atoms with Gasteiger partial charge in [-0.1, -0.05) is 56.0 Å². The van der Waals surface area contributed by atoms with E-state index in [9.17, 15) is 0 Å². The number of nitriles is 2. The second-order valence-electron chi connectivity index (χ2n) is 6.41. The Hall–Kier alpha value is -1.84. The van der Waals surface area contributed by atoms with Crippen LogP contribution >= 0.6 is 0 Å². The molecule has 0 aliphatic carbocycles. The van der Waals surface area contributed by atoms with Gasteiger partial charge in [-0.05, 0) is 44.3 Å². The predicted molar refractivity (Wildman–Crippen MR) is 99.1 cm³/mol. The molecule has 0 aliphatic heterocycles. The van der Waals surface area contributed by atoms with Crippen LogP contribution in [0, 0.1) is 22.7 Å². The first kappa shape index (κ1) is 20.2. The van der Waals surface area contributed by atoms with Crippen molar-refractivity contribution in [3.63, 3.8) is 0 Å². The van der Waals surface area contributed by atoms with E-state index in [0.717, 1.165) is 32.5 Å². The fraction of sp³-hybridized carbons (Fsp3) is 0.619. The van der Waals surface area contributed by atoms with E-state index in [1.165, 1.54) is 44.1 Å². The number of benzene rings is 1. The van der Waals surface area contributed by atoms with Crippen molar-refractivity contribution in [1.82, 2.24) is 4.90 Å². The van der Waals surface area contributed by atoms with Crippen LogP contribution in [0.1, 0.15) is 69.8 Å². The van der Waals surface area contributed by atoms with Crippen LogP contribution in [0.2, 0.25) is 0 Å². The molecule has 1 aromatic carbocycles. The van der Waals surface area contributed by atoms with Crippen molar-refractivity contribution in [3.8, 4) is 12.1 Å². The Morgan fingerprint density at radius 1 is 0.667 bits per heavy atom. The SMILES string of the molecule is N#CCCCCCCN(CCCCCCC#N)Cc1ccccc1. The van der Waals surface area contributed by atoms with Gasteiger partial charge in [0.1, 0.15) is 0 Å². The fourth-order valence-electron chi connectivity index (χ4n) is 2.90. The van der Waals surface area contributed by atoms with Gasteiger partial charge in [0.2, 0.25) is 0 Å². The van der Waals surface area contributed by atoms with Gasteiger partial charge in [0.05, 0.1) is 12.1 Å². The predicted octanol–water partition coefficient (Wildman–Crippen LogP) is 5.44. The minimum absolute atomic E-state index is 0.691. The molecule has 0 saturated heterocycles. The van der Waals surface area contributed by atoms with E-state index in [-0.39, 0.29) is 0 Å². The van der Waals surface area contributed by atoms with Crippen molar-refractivity contribution in [2.24, 2.45) is 0 Å². The normalized spacial score (nSPS) is 10.5. The lowest BCUT2D eigenvalue weighted by molar-refractivity contribution is 0.252. The van der Waals surface area contributed by atoms with Gasteiger partial charge < -0.3 is 0 Å². The fourth-order valence-corrected chi connectivity index (χ4v) is 2.90. The number of hydrogen-bond acceptors (Lipinski definition) is 3. The van der Waals surface area contributed by atoms with E-state index in [1.807, 2.05) is 0 Å². The number of rotatable bonds is 14. The largest absolute Gasteiger partial charge is 0.299 e. The average Bonchev–Trinajstić information content (AvgIpc) is 2.61. The van der Waals surface area contributed by atoms with Gasteiger partial charge in [-0.2, -0.15) is 10.5 Å². The Bertz CT molecular complexity index is 458. The van der Waals surface area contributed by atoms with Gasteiger partial charge in [-0.3, -0.25) is 4.90 Å². The highest BCUT2D eigenvalue weighted by atomic mass is 15.1. The second kappa shape index (κ2) is 14.7. The third-order valence-electron chi connectivity index (χ3n) is 4.27. The molecule has 130 valence electrons. The summed E-state index contributed by atoms with van der Waals surface area (Å²) in [6.07, 6.45) is 10.7. The third-order valence-corrected chi connectivity index (χ3v) is 4.27. The molecule has 0 spiro atoms. The summed E-state index contributed by atoms with van der Waals surface area (Å²) in [6.45, 7) is 3.30. The minimum Gasteiger partial charge on any atom is -0.299 e. The molecular formula is C21H31N3. The van der Waals surface area contributed by atoms with Crippen molar-refractivity contribution in [3.05, 3.63) is 35.9 Å². The summed E-state index contributed by atoms with van der Waals surface area (Å²) in [5.74, 6) is 0. The van der Waals surface area contributed by atoms with Crippen molar-refractivity contribution in [1.29, 1.82) is 10.5 Å². The quantitative estimate of drug-likeness (QED) is 0.428. The molecule has 0 atom stereocenters. The number of hydrogen-bond donors (Lipinski definition) is 0. The number of unbranched alkanes of at least 4 members (excludes halogenated alkanes) is 8. The van der Waals surface area contributed by atoms with Crippen LogP contribution in [-0.4, -0.2) is 18.0 Å². The van der Waals surface area contributed by atoms with Crippen LogP contribution in [-0.2, 0) is 6.54 Å². The standard InChI is InChI=1S/C21H31N3/c22-16-10-3-1-5-12-18-24(19-13-6-2-4-11-17-23)20-21-14-8-7-9-15-21/h7-9,14-15H,1-6,10-13,18-20H2. The lowest BCUT2D eigenvalue weighted by Gasteiger charge is -2.22. The molecule has 0 unspecified atom stereocenters. The zero-order valence-electron chi connectivity index (χ0n) is 14.9. The Kier molecular flexibility index (Phi) is 12.4. The summed E-state index contributed by atoms with van der Waals surface area (Å²) in [6, 6.07) is 15.1. The minimum atomic E-state index is 0.691. The lowest BCUT2D eigenvalue weighted by atomic mass is 10.1. The van der Waals surface area contributed by atoms with Crippen molar-refractivity contribution < 1.29 is 0 Å². The monoisotopic (exact) mass is 325 g/mol. The lowest BCUT2D eigenvalue weighted by Crippen LogP contribution is -2.25. The molecule has 0 amide bonds. The molecule has 0 N–H and O–H groups in total. The van der Waals surface area contributed by atoms with E-state index in [0.29, 0.717) is 12.8 Å². The van der Waals surface area contributed by atoms with Crippen LogP contribution in [0.15, 0.2) is 30.3 Å². The Morgan fingerprint density at radius 2 is 1.17 bits per heavy atom. The molecule has 24 heavy (non-hydrogen) atoms. The Balaban J connectivity index is 2.27. The van der Waals surface area contributed by atoms with Crippen LogP contribution in [0.5, 0.6) is 0 Å². The molecule has 0 heterocycles. The summed E-state index contributed by atoms with van der Waals surface area (Å²) < 4.78 is 0. The second-order valence-corrected chi connectivity index (χ2v) is 6.41. The first-order valence-corrected chi connectivity index (χ1v) is 9.37. The summed E-state index contributed by atoms with van der Waals surface area (Å²) in [4.78, 5) is 2.56. The van der Waals surface area contributed by atoms with Gasteiger partial charge in [-0.25, -0.2) is 0 Å². The molecule has 0 bridgehead atoms. The smallest absolute Gasteiger partial charge is 0.0621 e. The van der Waals surface area contributed by atoms with Crippen molar-refractivity contribution >= 4 is 0 Å². The van der Waals surface area contributed by atoms with Crippen molar-refractivity contribution in [2.45, 2.75) is 70.8 Å². The van der Waals surface area contributed by atoms with Gasteiger partial charge in [0.25, 0.3) is 0 Å². The topological polar surface area (TPSA) is 50.8 Å². The third kappa shape index (κ3) is 10.8. The Labute approximate surface area is 147 Å². The summed E-state index contributed by atoms with van der Waals surface area (Å²) >= 11 is 0. The van der Waals surface area contributed by atoms with E-state index >= 15 is 0 Å². The van der Waals surface area contributed by atoms with Crippen LogP contribution in [0.4, 0.5) is 0 Å². The van der Waals surface area contributed by atoms with Crippen LogP contribution in [0.25, 0.3) is 0 Å². The molecule has 3 heteroatoms. The van der Waals surface area contributed by atoms with Crippen LogP contribution < -0.4 is 0 Å². The number of nitrogens with zero attached hydrogens (tertiary/aromatic N) is 3. The maximum atomic E-state index is 8.57. The van der Waals surface area contributed by atoms with Gasteiger partial charge in [0.15, 0.2) is 0 Å². The van der Waals surface area contributed by atoms with E-state index in [1.54, 1.807) is 0 Å². The maximum Gasteiger partial charge on any atom is 0.0621 e. The summed E-state index contributed by atoms with van der Waals surface area (Å²) in [5, 5.41) is 17.1. The summed E-state index contributed by atoms with van der Waals surface area (Å²) in [7, 11) is 0. The first-order chi connectivity index (χ1) is 11.9. The van der Waals surface area contributed by atoms with Crippen molar-refractivity contribution in [2.75, 3.05) is 13.1 Å². The molecule has 0 fully saturated rings. The summed E-state index contributed by atoms with van der Waals surface area (Å²) in [5.41, 5.74) is 1.38. The van der Waals surface area contributed by atoms with E-state index in [4.69, 9.17) is 10.5 Å². The van der Waals surface area contributed by atoms with Gasteiger partial charge >= 0.3 is 0 Å². The zero-order chi connectivity index (χ0) is 17.3. The van der Waals surface area contributed by atoms with E-state index < -0.39 is 0 Å². The molecule has 0 saturated carbocycles. The molecule has 1 rings (SSSR count). The highest BCUT2D eigenvalue weighted by molar-refractivity contribution is 5.14. The van der Waals surface area contributed by atoms with Gasteiger partial charge in [0, 0.05) is 19.4 Å². The highest BCUT2D eigenvalue weighted by Gasteiger charge is 2.06. The molecule has 0 aliphatic rings. The molecule has 0 aromatic heterocycles. The molecule has 1 aromatic rings. The molecule has 3 nitrogen and oxygen atoms in total. The Morgan fingerprint density at radius 3 is 1.67 bits per heavy atom.